The van der Waals surface area contributed by atoms with Gasteiger partial charge in [-0.1, -0.05) is 33.8 Å². The van der Waals surface area contributed by atoms with Gasteiger partial charge in [0.2, 0.25) is 0 Å². The second-order valence-corrected chi connectivity index (χ2v) is 13.8. The molecule has 0 aromatic rings. The molecule has 4 fully saturated rings. The molecule has 35 heavy (non-hydrogen) atoms. The van der Waals surface area contributed by atoms with Crippen LogP contribution in [0.3, 0.4) is 0 Å². The third-order valence-corrected chi connectivity index (χ3v) is 12.2. The molecule has 6 nitrogen and oxygen atoms in total. The maximum Gasteiger partial charge on any atom is 0.316 e. The van der Waals surface area contributed by atoms with Crippen LogP contribution in [0.1, 0.15) is 79.1 Å². The molecular weight excluding hydrogens is 462 g/mol. The SMILES string of the molecule is C=C[C@]1(C)C[C@@H](OC(=O)CS[C@@H]2CC[C@H](N)C[C@@H]2O)[C@]2(C)[C@H](C)CC[C@]3(CCC(=O)[C@H]32)[C@@H](C)[C@@H]1O. The Morgan fingerprint density at radius 3 is 2.60 bits per heavy atom. The Balaban J connectivity index is 1.62. The van der Waals surface area contributed by atoms with Gasteiger partial charge in [-0.05, 0) is 62.2 Å². The molecule has 0 radical (unpaired) electrons. The standard InChI is InChI=1S/C28H45NO5S/c1-6-26(4)14-22(34-23(32)15-35-21-8-7-18(29)13-20(21)31)27(5)16(2)9-11-28(17(3)25(26)33)12-10-19(30)24(27)28/h6,16-18,20-22,24-25,31,33H,1,7-15,29H2,2-5H3/t16-,17+,18+,20+,21-,22-,24+,25+,26-,27+,28+/m1/s1. The molecule has 0 spiro atoms. The molecule has 4 rings (SSSR count). The molecule has 0 heterocycles. The smallest absolute Gasteiger partial charge is 0.316 e. The fourth-order valence-electron chi connectivity index (χ4n) is 8.21. The fourth-order valence-corrected chi connectivity index (χ4v) is 9.27. The van der Waals surface area contributed by atoms with Gasteiger partial charge in [0, 0.05) is 34.5 Å². The quantitative estimate of drug-likeness (QED) is 0.383. The van der Waals surface area contributed by atoms with Crippen molar-refractivity contribution in [3.05, 3.63) is 12.7 Å². The van der Waals surface area contributed by atoms with E-state index < -0.39 is 29.1 Å². The number of aliphatic hydroxyl groups excluding tert-OH is 2. The predicted molar refractivity (Wildman–Crippen MR) is 139 cm³/mol. The minimum absolute atomic E-state index is 0.0194. The van der Waals surface area contributed by atoms with E-state index >= 15 is 0 Å². The van der Waals surface area contributed by atoms with Gasteiger partial charge in [-0.2, -0.15) is 0 Å². The zero-order valence-corrected chi connectivity index (χ0v) is 22.7. The maximum absolute atomic E-state index is 13.5. The van der Waals surface area contributed by atoms with Gasteiger partial charge in [0.1, 0.15) is 11.9 Å². The Morgan fingerprint density at radius 2 is 1.94 bits per heavy atom. The molecule has 4 saturated carbocycles. The summed E-state index contributed by atoms with van der Waals surface area (Å²) in [6.45, 7) is 12.5. The molecule has 4 aliphatic carbocycles. The van der Waals surface area contributed by atoms with Gasteiger partial charge in [-0.3, -0.25) is 9.59 Å². The molecule has 7 heteroatoms. The molecule has 0 aromatic carbocycles. The number of carbonyl (C=O) groups is 2. The summed E-state index contributed by atoms with van der Waals surface area (Å²) < 4.78 is 6.29. The van der Waals surface area contributed by atoms with Crippen LogP contribution in [0.5, 0.6) is 0 Å². The van der Waals surface area contributed by atoms with Crippen LogP contribution in [-0.4, -0.2) is 57.3 Å². The van der Waals surface area contributed by atoms with Gasteiger partial charge in [0.25, 0.3) is 0 Å². The van der Waals surface area contributed by atoms with Gasteiger partial charge >= 0.3 is 5.97 Å². The van der Waals surface area contributed by atoms with Crippen LogP contribution < -0.4 is 5.73 Å². The van der Waals surface area contributed by atoms with E-state index in [-0.39, 0.29) is 52.0 Å². The minimum atomic E-state index is -0.663. The second-order valence-electron chi connectivity index (χ2n) is 12.6. The fraction of sp³-hybridized carbons (Fsp3) is 0.857. The molecule has 0 aromatic heterocycles. The number of carbonyl (C=O) groups excluding carboxylic acids is 2. The summed E-state index contributed by atoms with van der Waals surface area (Å²) in [7, 11) is 0. The van der Waals surface area contributed by atoms with Crippen molar-refractivity contribution in [2.24, 2.45) is 39.7 Å². The van der Waals surface area contributed by atoms with E-state index in [4.69, 9.17) is 10.5 Å². The van der Waals surface area contributed by atoms with E-state index in [2.05, 4.69) is 27.4 Å². The highest BCUT2D eigenvalue weighted by atomic mass is 32.2. The van der Waals surface area contributed by atoms with E-state index in [0.717, 1.165) is 32.1 Å². The number of ether oxygens (including phenoxy) is 1. The Kier molecular flexibility index (Phi) is 7.58. The topological polar surface area (TPSA) is 110 Å². The zero-order valence-electron chi connectivity index (χ0n) is 21.9. The van der Waals surface area contributed by atoms with Gasteiger partial charge in [0.15, 0.2) is 0 Å². The molecule has 0 saturated heterocycles. The number of nitrogens with two attached hydrogens (primary N) is 1. The van der Waals surface area contributed by atoms with Crippen molar-refractivity contribution in [1.82, 2.24) is 0 Å². The van der Waals surface area contributed by atoms with Crippen molar-refractivity contribution in [3.8, 4) is 0 Å². The lowest BCUT2D eigenvalue weighted by Gasteiger charge is -2.61. The number of thioether (sulfide) groups is 1. The molecule has 2 bridgehead atoms. The number of hydrogen-bond donors (Lipinski definition) is 3. The molecule has 11 atom stereocenters. The summed E-state index contributed by atoms with van der Waals surface area (Å²) in [5, 5.41) is 22.0. The third-order valence-electron chi connectivity index (χ3n) is 10.8. The van der Waals surface area contributed by atoms with Crippen molar-refractivity contribution < 1.29 is 24.5 Å². The summed E-state index contributed by atoms with van der Waals surface area (Å²) in [6, 6.07) is 0.0195. The summed E-state index contributed by atoms with van der Waals surface area (Å²) >= 11 is 1.45. The average Bonchev–Trinajstić information content (AvgIpc) is 3.17. The number of hydrogen-bond acceptors (Lipinski definition) is 7. The van der Waals surface area contributed by atoms with E-state index in [1.807, 2.05) is 13.0 Å². The molecule has 0 unspecified atom stereocenters. The molecule has 4 aliphatic rings. The third kappa shape index (κ3) is 4.42. The van der Waals surface area contributed by atoms with Crippen molar-refractivity contribution in [2.75, 3.05) is 5.75 Å². The lowest BCUT2D eigenvalue weighted by Crippen LogP contribution is -2.63. The van der Waals surface area contributed by atoms with E-state index in [1.165, 1.54) is 11.8 Å². The molecule has 0 amide bonds. The van der Waals surface area contributed by atoms with Crippen molar-refractivity contribution in [2.45, 2.75) is 109 Å². The highest BCUT2D eigenvalue weighted by molar-refractivity contribution is 8.00. The van der Waals surface area contributed by atoms with E-state index in [1.54, 1.807) is 0 Å². The average molecular weight is 508 g/mol. The predicted octanol–water partition coefficient (Wildman–Crippen LogP) is 3.87. The molecular formula is C28H45NO5S. The van der Waals surface area contributed by atoms with Crippen LogP contribution in [0.15, 0.2) is 12.7 Å². The largest absolute Gasteiger partial charge is 0.461 e. The summed E-state index contributed by atoms with van der Waals surface area (Å²) in [5.74, 6) is 0.0613. The first-order valence-electron chi connectivity index (χ1n) is 13.5. The highest BCUT2D eigenvalue weighted by Crippen LogP contribution is 2.68. The molecule has 198 valence electrons. The maximum atomic E-state index is 13.5. The lowest BCUT2D eigenvalue weighted by molar-refractivity contribution is -0.205. The normalized spacial score (nSPS) is 50.1. The van der Waals surface area contributed by atoms with Crippen molar-refractivity contribution in [3.63, 3.8) is 0 Å². The second kappa shape index (κ2) is 9.77. The van der Waals surface area contributed by atoms with Gasteiger partial charge in [-0.15, -0.1) is 18.3 Å². The van der Waals surface area contributed by atoms with Gasteiger partial charge in [-0.25, -0.2) is 0 Å². The highest BCUT2D eigenvalue weighted by Gasteiger charge is 2.68. The summed E-state index contributed by atoms with van der Waals surface area (Å²) in [4.78, 5) is 26.7. The number of rotatable bonds is 5. The monoisotopic (exact) mass is 507 g/mol. The van der Waals surface area contributed by atoms with Crippen molar-refractivity contribution >= 4 is 23.5 Å². The van der Waals surface area contributed by atoms with Crippen LogP contribution in [-0.2, 0) is 14.3 Å². The number of ketones is 1. The Bertz CT molecular complexity index is 851. The van der Waals surface area contributed by atoms with Crippen molar-refractivity contribution in [1.29, 1.82) is 0 Å². The Hall–Kier alpha value is -0.890. The van der Waals surface area contributed by atoms with Gasteiger partial charge in [0.05, 0.1) is 18.0 Å². The van der Waals surface area contributed by atoms with Crippen LogP contribution in [0.2, 0.25) is 0 Å². The Labute approximate surface area is 214 Å². The molecule has 0 aliphatic heterocycles. The van der Waals surface area contributed by atoms with E-state index in [9.17, 15) is 19.8 Å². The van der Waals surface area contributed by atoms with Crippen LogP contribution in [0.4, 0.5) is 0 Å². The van der Waals surface area contributed by atoms with Crippen LogP contribution in [0.25, 0.3) is 0 Å². The van der Waals surface area contributed by atoms with Crippen LogP contribution >= 0.6 is 11.8 Å². The number of aliphatic hydroxyl groups is 2. The summed E-state index contributed by atoms with van der Waals surface area (Å²) in [5.41, 5.74) is 4.57. The van der Waals surface area contributed by atoms with E-state index in [0.29, 0.717) is 19.3 Å². The first-order valence-corrected chi connectivity index (χ1v) is 14.5. The minimum Gasteiger partial charge on any atom is -0.461 e. The summed E-state index contributed by atoms with van der Waals surface area (Å²) in [6.07, 6.45) is 6.01. The van der Waals surface area contributed by atoms with Gasteiger partial charge < -0.3 is 20.7 Å². The Morgan fingerprint density at radius 1 is 1.23 bits per heavy atom. The first kappa shape index (κ1) is 27.2. The number of Topliss-reactive ketones (excluding diaryl/α,β-unsaturated/α-hetero) is 1. The zero-order chi connectivity index (χ0) is 25.8. The van der Waals surface area contributed by atoms with Crippen LogP contribution in [0, 0.1) is 34.0 Å². The first-order chi connectivity index (χ1) is 16.4. The lowest BCUT2D eigenvalue weighted by atomic mass is 9.44. The molecule has 4 N–H and O–H groups in total. The number of esters is 1.